The minimum absolute atomic E-state index is 0.0287. The largest absolute Gasteiger partial charge is 0.485 e. The molecule has 1 aliphatic heterocycles. The Labute approximate surface area is 146 Å². The van der Waals surface area contributed by atoms with Gasteiger partial charge < -0.3 is 4.74 Å². The number of ether oxygens (including phenoxy) is 1. The van der Waals surface area contributed by atoms with E-state index in [1.54, 1.807) is 0 Å². The molecule has 0 aromatic heterocycles. The fourth-order valence-electron chi connectivity index (χ4n) is 2.95. The zero-order valence-corrected chi connectivity index (χ0v) is 13.8. The fourth-order valence-corrected chi connectivity index (χ4v) is 3.13. The summed E-state index contributed by atoms with van der Waals surface area (Å²) in [5.74, 6) is 0.874. The van der Waals surface area contributed by atoms with E-state index in [1.807, 2.05) is 60.7 Å². The van der Waals surface area contributed by atoms with Gasteiger partial charge in [-0.2, -0.15) is 0 Å². The SMILES string of the molecule is Clc1cccc(N=C2CC(c3ccccc3)Oc3ccccc32)c1. The quantitative estimate of drug-likeness (QED) is 0.565. The molecule has 0 fully saturated rings. The van der Waals surface area contributed by atoms with Crippen LogP contribution in [-0.4, -0.2) is 5.71 Å². The molecule has 0 radical (unpaired) electrons. The number of fused-ring (bicyclic) bond motifs is 1. The summed E-state index contributed by atoms with van der Waals surface area (Å²) >= 11 is 6.09. The second-order valence-electron chi connectivity index (χ2n) is 5.76. The molecule has 1 atom stereocenters. The Kier molecular flexibility index (Phi) is 4.06. The Morgan fingerprint density at radius 2 is 1.67 bits per heavy atom. The maximum Gasteiger partial charge on any atom is 0.129 e. The van der Waals surface area contributed by atoms with Gasteiger partial charge in [-0.25, -0.2) is 0 Å². The van der Waals surface area contributed by atoms with Gasteiger partial charge in [-0.05, 0) is 35.9 Å². The topological polar surface area (TPSA) is 21.6 Å². The lowest BCUT2D eigenvalue weighted by Gasteiger charge is -2.27. The second-order valence-corrected chi connectivity index (χ2v) is 6.19. The maximum absolute atomic E-state index is 6.20. The summed E-state index contributed by atoms with van der Waals surface area (Å²) in [6.07, 6.45) is 0.701. The summed E-state index contributed by atoms with van der Waals surface area (Å²) in [5, 5.41) is 0.691. The number of nitrogens with zero attached hydrogens (tertiary/aromatic N) is 1. The fraction of sp³-hybridized carbons (Fsp3) is 0.0952. The number of rotatable bonds is 2. The normalized spacial score (nSPS) is 18.0. The molecule has 0 bridgehead atoms. The summed E-state index contributed by atoms with van der Waals surface area (Å²) in [4.78, 5) is 4.85. The molecule has 1 aliphatic rings. The molecule has 0 spiro atoms. The van der Waals surface area contributed by atoms with E-state index in [-0.39, 0.29) is 6.10 Å². The molecule has 118 valence electrons. The van der Waals surface area contributed by atoms with Gasteiger partial charge in [0.05, 0.1) is 11.4 Å². The highest BCUT2D eigenvalue weighted by Crippen LogP contribution is 2.36. The second kappa shape index (κ2) is 6.50. The molecular formula is C21H16ClNO. The van der Waals surface area contributed by atoms with Crippen LogP contribution in [0.3, 0.4) is 0 Å². The van der Waals surface area contributed by atoms with Gasteiger partial charge in [0.1, 0.15) is 11.9 Å². The van der Waals surface area contributed by atoms with Crippen LogP contribution in [0.5, 0.6) is 5.75 Å². The van der Waals surface area contributed by atoms with E-state index in [0.717, 1.165) is 34.7 Å². The van der Waals surface area contributed by atoms with Crippen molar-refractivity contribution in [1.29, 1.82) is 0 Å². The van der Waals surface area contributed by atoms with Crippen molar-refractivity contribution in [3.05, 3.63) is 95.0 Å². The minimum atomic E-state index is -0.0287. The van der Waals surface area contributed by atoms with Crippen molar-refractivity contribution in [3.8, 4) is 5.75 Å². The van der Waals surface area contributed by atoms with Crippen LogP contribution in [0.4, 0.5) is 5.69 Å². The van der Waals surface area contributed by atoms with Crippen LogP contribution in [0.25, 0.3) is 0 Å². The van der Waals surface area contributed by atoms with Crippen LogP contribution in [0.15, 0.2) is 83.9 Å². The van der Waals surface area contributed by atoms with Gasteiger partial charge in [0.2, 0.25) is 0 Å². The number of para-hydroxylation sites is 1. The van der Waals surface area contributed by atoms with E-state index in [4.69, 9.17) is 21.3 Å². The molecule has 3 heteroatoms. The van der Waals surface area contributed by atoms with Crippen molar-refractivity contribution in [1.82, 2.24) is 0 Å². The Morgan fingerprint density at radius 3 is 2.50 bits per heavy atom. The van der Waals surface area contributed by atoms with Gasteiger partial charge in [-0.1, -0.05) is 60.1 Å². The highest BCUT2D eigenvalue weighted by atomic mass is 35.5. The average Bonchev–Trinajstić information content (AvgIpc) is 2.62. The summed E-state index contributed by atoms with van der Waals surface area (Å²) in [6, 6.07) is 25.9. The van der Waals surface area contributed by atoms with Crippen molar-refractivity contribution >= 4 is 23.0 Å². The third-order valence-corrected chi connectivity index (χ3v) is 4.32. The van der Waals surface area contributed by atoms with Gasteiger partial charge in [-0.3, -0.25) is 4.99 Å². The minimum Gasteiger partial charge on any atom is -0.485 e. The van der Waals surface area contributed by atoms with E-state index >= 15 is 0 Å². The average molecular weight is 334 g/mol. The zero-order chi connectivity index (χ0) is 16.4. The van der Waals surface area contributed by atoms with E-state index in [1.165, 1.54) is 0 Å². The Bertz CT molecular complexity index is 889. The molecule has 0 N–H and O–H groups in total. The summed E-state index contributed by atoms with van der Waals surface area (Å²) in [5.41, 5.74) is 4.09. The molecule has 4 rings (SSSR count). The van der Waals surface area contributed by atoms with Crippen LogP contribution in [0, 0.1) is 0 Å². The number of hydrogen-bond acceptors (Lipinski definition) is 2. The van der Waals surface area contributed by atoms with E-state index in [2.05, 4.69) is 18.2 Å². The van der Waals surface area contributed by atoms with Crippen LogP contribution in [-0.2, 0) is 0 Å². The lowest BCUT2D eigenvalue weighted by atomic mass is 9.95. The molecule has 2 nitrogen and oxygen atoms in total. The molecule has 0 aliphatic carbocycles. The Hall–Kier alpha value is -2.58. The standard InChI is InChI=1S/C21H16ClNO/c22-16-9-6-10-17(13-16)23-19-14-21(15-7-2-1-3-8-15)24-20-12-5-4-11-18(19)20/h1-13,21H,14H2. The molecule has 1 unspecified atom stereocenters. The first-order chi connectivity index (χ1) is 11.8. The molecule has 0 amide bonds. The summed E-state index contributed by atoms with van der Waals surface area (Å²) in [6.45, 7) is 0. The van der Waals surface area contributed by atoms with Crippen LogP contribution in [0.1, 0.15) is 23.7 Å². The predicted octanol–water partition coefficient (Wildman–Crippen LogP) is 5.98. The van der Waals surface area contributed by atoms with Gasteiger partial charge >= 0.3 is 0 Å². The lowest BCUT2D eigenvalue weighted by molar-refractivity contribution is 0.206. The van der Waals surface area contributed by atoms with Gasteiger partial charge in [0.25, 0.3) is 0 Å². The van der Waals surface area contributed by atoms with Crippen LogP contribution in [0.2, 0.25) is 5.02 Å². The summed E-state index contributed by atoms with van der Waals surface area (Å²) in [7, 11) is 0. The van der Waals surface area contributed by atoms with Crippen LogP contribution < -0.4 is 4.74 Å². The van der Waals surface area contributed by atoms with Crippen molar-refractivity contribution in [2.45, 2.75) is 12.5 Å². The predicted molar refractivity (Wildman–Crippen MR) is 98.5 cm³/mol. The number of halogens is 1. The summed E-state index contributed by atoms with van der Waals surface area (Å²) < 4.78 is 6.20. The van der Waals surface area contributed by atoms with Gasteiger partial charge in [0, 0.05) is 17.0 Å². The molecule has 0 saturated carbocycles. The van der Waals surface area contributed by atoms with Crippen molar-refractivity contribution in [2.75, 3.05) is 0 Å². The first-order valence-corrected chi connectivity index (χ1v) is 8.31. The Morgan fingerprint density at radius 1 is 0.875 bits per heavy atom. The number of benzene rings is 3. The highest BCUT2D eigenvalue weighted by Gasteiger charge is 2.25. The third kappa shape index (κ3) is 3.06. The van der Waals surface area contributed by atoms with Gasteiger partial charge in [0.15, 0.2) is 0 Å². The monoisotopic (exact) mass is 333 g/mol. The highest BCUT2D eigenvalue weighted by molar-refractivity contribution is 6.30. The van der Waals surface area contributed by atoms with E-state index in [0.29, 0.717) is 5.02 Å². The maximum atomic E-state index is 6.20. The first-order valence-electron chi connectivity index (χ1n) is 7.94. The molecule has 3 aromatic carbocycles. The molecule has 0 saturated heterocycles. The molecule has 1 heterocycles. The molecular weight excluding hydrogens is 318 g/mol. The number of aliphatic imine (C=N–C) groups is 1. The zero-order valence-electron chi connectivity index (χ0n) is 13.0. The van der Waals surface area contributed by atoms with E-state index in [9.17, 15) is 0 Å². The van der Waals surface area contributed by atoms with E-state index < -0.39 is 0 Å². The van der Waals surface area contributed by atoms with Gasteiger partial charge in [-0.15, -0.1) is 0 Å². The molecule has 24 heavy (non-hydrogen) atoms. The third-order valence-electron chi connectivity index (χ3n) is 4.09. The first kappa shape index (κ1) is 15.0. The van der Waals surface area contributed by atoms with Crippen molar-refractivity contribution in [2.24, 2.45) is 4.99 Å². The van der Waals surface area contributed by atoms with Crippen molar-refractivity contribution < 1.29 is 4.74 Å². The van der Waals surface area contributed by atoms with Crippen molar-refractivity contribution in [3.63, 3.8) is 0 Å². The lowest BCUT2D eigenvalue weighted by Crippen LogP contribution is -2.20. The number of hydrogen-bond donors (Lipinski definition) is 0. The van der Waals surface area contributed by atoms with Crippen LogP contribution >= 0.6 is 11.6 Å². The smallest absolute Gasteiger partial charge is 0.129 e. The molecule has 3 aromatic rings. The Balaban J connectivity index is 1.77.